The lowest BCUT2D eigenvalue weighted by Crippen LogP contribution is -2.46. The van der Waals surface area contributed by atoms with Gasteiger partial charge in [-0.2, -0.15) is 0 Å². The Bertz CT molecular complexity index is 851. The van der Waals surface area contributed by atoms with E-state index in [1.165, 1.54) is 24.9 Å². The van der Waals surface area contributed by atoms with E-state index in [1.807, 2.05) is 12.1 Å². The number of carboxylic acid groups (broad SMARTS) is 1. The van der Waals surface area contributed by atoms with Gasteiger partial charge < -0.3 is 20.1 Å². The summed E-state index contributed by atoms with van der Waals surface area (Å²) in [6, 6.07) is 7.91. The minimum absolute atomic E-state index is 0.0681. The third-order valence-electron chi connectivity index (χ3n) is 4.22. The van der Waals surface area contributed by atoms with Gasteiger partial charge in [-0.1, -0.05) is 12.1 Å². The third kappa shape index (κ3) is 5.29. The number of hydrogen-bond acceptors (Lipinski definition) is 5. The van der Waals surface area contributed by atoms with E-state index in [1.54, 1.807) is 31.5 Å². The molecule has 0 aliphatic rings. The first-order valence-corrected chi connectivity index (χ1v) is 8.71. The summed E-state index contributed by atoms with van der Waals surface area (Å²) in [5, 5.41) is 11.9. The number of carboxylic acids is 1. The molecule has 8 heteroatoms. The van der Waals surface area contributed by atoms with Crippen LogP contribution in [0.25, 0.3) is 11.1 Å². The normalized spacial score (nSPS) is 11.4. The van der Waals surface area contributed by atoms with Gasteiger partial charge in [-0.25, -0.2) is 4.79 Å². The SMILES string of the molecule is COc1ccc(-c2cncc(C(=O)N(CCNC(C)=O)C(C)C(=O)O)c2)cc1. The Morgan fingerprint density at radius 3 is 2.43 bits per heavy atom. The standard InChI is InChI=1S/C20H23N3O5/c1-13(20(26)27)23(9-8-22-14(2)24)19(25)17-10-16(11-21-12-17)15-4-6-18(28-3)7-5-15/h4-7,10-13H,8-9H2,1-3H3,(H,22,24)(H,26,27). The van der Waals surface area contributed by atoms with Crippen LogP contribution in [0.2, 0.25) is 0 Å². The monoisotopic (exact) mass is 385 g/mol. The number of rotatable bonds is 8. The molecule has 1 heterocycles. The van der Waals surface area contributed by atoms with Crippen molar-refractivity contribution in [3.05, 3.63) is 48.3 Å². The molecule has 0 saturated carbocycles. The van der Waals surface area contributed by atoms with Crippen molar-refractivity contribution >= 4 is 17.8 Å². The Labute approximate surface area is 163 Å². The van der Waals surface area contributed by atoms with E-state index in [2.05, 4.69) is 10.3 Å². The van der Waals surface area contributed by atoms with Gasteiger partial charge in [0.2, 0.25) is 5.91 Å². The van der Waals surface area contributed by atoms with Gasteiger partial charge in [0, 0.05) is 38.0 Å². The van der Waals surface area contributed by atoms with Crippen LogP contribution in [0.5, 0.6) is 5.75 Å². The van der Waals surface area contributed by atoms with Gasteiger partial charge in [-0.05, 0) is 30.7 Å². The van der Waals surface area contributed by atoms with Gasteiger partial charge in [0.1, 0.15) is 11.8 Å². The Morgan fingerprint density at radius 2 is 1.86 bits per heavy atom. The fourth-order valence-electron chi connectivity index (χ4n) is 2.62. The Hall–Kier alpha value is -3.42. The van der Waals surface area contributed by atoms with Gasteiger partial charge in [0.05, 0.1) is 12.7 Å². The average Bonchev–Trinajstić information content (AvgIpc) is 2.70. The molecule has 1 atom stereocenters. The molecular formula is C20H23N3O5. The van der Waals surface area contributed by atoms with Crippen LogP contribution in [0.1, 0.15) is 24.2 Å². The molecule has 2 aromatic rings. The summed E-state index contributed by atoms with van der Waals surface area (Å²) in [5.41, 5.74) is 1.83. The number of pyridine rings is 1. The lowest BCUT2D eigenvalue weighted by molar-refractivity contribution is -0.141. The maximum absolute atomic E-state index is 12.9. The fraction of sp³-hybridized carbons (Fsp3) is 0.300. The van der Waals surface area contributed by atoms with Crippen LogP contribution in [-0.2, 0) is 9.59 Å². The van der Waals surface area contributed by atoms with Crippen molar-refractivity contribution in [1.82, 2.24) is 15.2 Å². The number of amides is 2. The molecular weight excluding hydrogens is 362 g/mol. The maximum Gasteiger partial charge on any atom is 0.326 e. The topological polar surface area (TPSA) is 109 Å². The minimum Gasteiger partial charge on any atom is -0.497 e. The summed E-state index contributed by atoms with van der Waals surface area (Å²) >= 11 is 0. The zero-order valence-electron chi connectivity index (χ0n) is 16.0. The fourth-order valence-corrected chi connectivity index (χ4v) is 2.62. The van der Waals surface area contributed by atoms with E-state index in [9.17, 15) is 19.5 Å². The van der Waals surface area contributed by atoms with Crippen LogP contribution in [0.15, 0.2) is 42.7 Å². The van der Waals surface area contributed by atoms with Gasteiger partial charge in [-0.3, -0.25) is 14.6 Å². The first kappa shape index (κ1) is 20.9. The van der Waals surface area contributed by atoms with Gasteiger partial charge >= 0.3 is 5.97 Å². The molecule has 0 bridgehead atoms. The van der Waals surface area contributed by atoms with Gasteiger partial charge in [0.25, 0.3) is 5.91 Å². The number of aliphatic carboxylic acids is 1. The molecule has 0 saturated heterocycles. The highest BCUT2D eigenvalue weighted by molar-refractivity contribution is 5.97. The Balaban J connectivity index is 2.27. The zero-order valence-corrected chi connectivity index (χ0v) is 16.0. The number of benzene rings is 1. The molecule has 0 aliphatic carbocycles. The molecule has 0 fully saturated rings. The highest BCUT2D eigenvalue weighted by Gasteiger charge is 2.26. The highest BCUT2D eigenvalue weighted by Crippen LogP contribution is 2.23. The maximum atomic E-state index is 12.9. The number of aromatic nitrogens is 1. The predicted molar refractivity (Wildman–Crippen MR) is 103 cm³/mol. The molecule has 28 heavy (non-hydrogen) atoms. The van der Waals surface area contributed by atoms with Crippen LogP contribution in [-0.4, -0.2) is 59.0 Å². The number of methoxy groups -OCH3 is 1. The number of carbonyl (C=O) groups excluding carboxylic acids is 2. The van der Waals surface area contributed by atoms with Crippen molar-refractivity contribution in [2.45, 2.75) is 19.9 Å². The van der Waals surface area contributed by atoms with E-state index in [-0.39, 0.29) is 24.6 Å². The summed E-state index contributed by atoms with van der Waals surface area (Å²) in [4.78, 5) is 40.7. The first-order chi connectivity index (χ1) is 13.3. The quantitative estimate of drug-likeness (QED) is 0.717. The Kier molecular flexibility index (Phi) is 7.08. The Morgan fingerprint density at radius 1 is 1.18 bits per heavy atom. The number of hydrogen-bond donors (Lipinski definition) is 2. The molecule has 1 aromatic heterocycles. The van der Waals surface area contributed by atoms with Crippen molar-refractivity contribution < 1.29 is 24.2 Å². The highest BCUT2D eigenvalue weighted by atomic mass is 16.5. The van der Waals surface area contributed by atoms with Crippen LogP contribution >= 0.6 is 0 Å². The molecule has 0 aliphatic heterocycles. The second kappa shape index (κ2) is 9.50. The third-order valence-corrected chi connectivity index (χ3v) is 4.22. The lowest BCUT2D eigenvalue weighted by atomic mass is 10.1. The summed E-state index contributed by atoms with van der Waals surface area (Å²) < 4.78 is 5.14. The second-order valence-electron chi connectivity index (χ2n) is 6.19. The summed E-state index contributed by atoms with van der Waals surface area (Å²) in [6.07, 6.45) is 3.02. The summed E-state index contributed by atoms with van der Waals surface area (Å²) in [7, 11) is 1.58. The second-order valence-corrected chi connectivity index (χ2v) is 6.19. The lowest BCUT2D eigenvalue weighted by Gasteiger charge is -2.26. The van der Waals surface area contributed by atoms with Crippen molar-refractivity contribution in [3.8, 4) is 16.9 Å². The zero-order chi connectivity index (χ0) is 20.7. The van der Waals surface area contributed by atoms with Gasteiger partial charge in [-0.15, -0.1) is 0 Å². The van der Waals surface area contributed by atoms with E-state index in [0.29, 0.717) is 5.75 Å². The van der Waals surface area contributed by atoms with Crippen LogP contribution in [0.3, 0.4) is 0 Å². The molecule has 148 valence electrons. The van der Waals surface area contributed by atoms with Crippen LogP contribution in [0, 0.1) is 0 Å². The first-order valence-electron chi connectivity index (χ1n) is 8.71. The number of ether oxygens (including phenoxy) is 1. The molecule has 2 amide bonds. The molecule has 0 spiro atoms. The largest absolute Gasteiger partial charge is 0.497 e. The van der Waals surface area contributed by atoms with E-state index >= 15 is 0 Å². The van der Waals surface area contributed by atoms with Crippen molar-refractivity contribution in [1.29, 1.82) is 0 Å². The molecule has 2 N–H and O–H groups in total. The molecule has 1 unspecified atom stereocenters. The molecule has 8 nitrogen and oxygen atoms in total. The number of nitrogens with zero attached hydrogens (tertiary/aromatic N) is 2. The minimum atomic E-state index is -1.13. The van der Waals surface area contributed by atoms with Crippen LogP contribution in [0.4, 0.5) is 0 Å². The molecule has 1 aromatic carbocycles. The van der Waals surface area contributed by atoms with Crippen LogP contribution < -0.4 is 10.1 Å². The van der Waals surface area contributed by atoms with Crippen molar-refractivity contribution in [3.63, 3.8) is 0 Å². The smallest absolute Gasteiger partial charge is 0.326 e. The van der Waals surface area contributed by atoms with E-state index < -0.39 is 17.9 Å². The molecule has 2 rings (SSSR count). The van der Waals surface area contributed by atoms with Crippen molar-refractivity contribution in [2.75, 3.05) is 20.2 Å². The number of carbonyl (C=O) groups is 3. The van der Waals surface area contributed by atoms with E-state index in [4.69, 9.17) is 4.74 Å². The summed E-state index contributed by atoms with van der Waals surface area (Å²) in [6.45, 7) is 3.01. The molecule has 0 radical (unpaired) electrons. The number of nitrogens with one attached hydrogen (secondary N) is 1. The van der Waals surface area contributed by atoms with E-state index in [0.717, 1.165) is 11.1 Å². The summed E-state index contributed by atoms with van der Waals surface area (Å²) in [5.74, 6) is -1.14. The predicted octanol–water partition coefficient (Wildman–Crippen LogP) is 1.81. The van der Waals surface area contributed by atoms with Gasteiger partial charge in [0.15, 0.2) is 0 Å². The van der Waals surface area contributed by atoms with Crippen molar-refractivity contribution in [2.24, 2.45) is 0 Å². The average molecular weight is 385 g/mol.